The van der Waals surface area contributed by atoms with E-state index in [2.05, 4.69) is 10.6 Å². The van der Waals surface area contributed by atoms with E-state index in [1.807, 2.05) is 0 Å². The van der Waals surface area contributed by atoms with Gasteiger partial charge in [0.15, 0.2) is 6.17 Å². The lowest BCUT2D eigenvalue weighted by Gasteiger charge is -2.28. The number of urea groups is 1. The zero-order chi connectivity index (χ0) is 21.0. The SMILES string of the molecule is NCCNC(=O)C1N(C(=O)Nc2cccc(Cl)c2)CCN1S(=O)(=O)c1cccs1. The van der Waals surface area contributed by atoms with Crippen LogP contribution in [0.4, 0.5) is 10.5 Å². The maximum Gasteiger partial charge on any atom is 0.323 e. The van der Waals surface area contributed by atoms with Gasteiger partial charge in [-0.1, -0.05) is 23.7 Å². The fraction of sp³-hybridized carbons (Fsp3) is 0.294. The van der Waals surface area contributed by atoms with Gasteiger partial charge in [-0.25, -0.2) is 13.2 Å². The molecule has 1 saturated heterocycles. The number of anilines is 1. The molecule has 12 heteroatoms. The van der Waals surface area contributed by atoms with Crippen LogP contribution in [0.15, 0.2) is 46.0 Å². The van der Waals surface area contributed by atoms with E-state index in [1.165, 1.54) is 11.0 Å². The van der Waals surface area contributed by atoms with Crippen LogP contribution in [0.2, 0.25) is 5.02 Å². The first-order chi connectivity index (χ1) is 13.8. The molecule has 1 aliphatic rings. The Hall–Kier alpha value is -2.18. The van der Waals surface area contributed by atoms with Crippen LogP contribution in [0.3, 0.4) is 0 Å². The molecule has 0 aliphatic carbocycles. The lowest BCUT2D eigenvalue weighted by atomic mass is 10.3. The van der Waals surface area contributed by atoms with Gasteiger partial charge < -0.3 is 16.4 Å². The molecular formula is C17H20ClN5O4S2. The van der Waals surface area contributed by atoms with Gasteiger partial charge in [-0.2, -0.15) is 4.31 Å². The molecule has 2 aromatic rings. The molecule has 1 aromatic heterocycles. The molecule has 1 fully saturated rings. The molecule has 2 heterocycles. The molecule has 1 atom stereocenters. The van der Waals surface area contributed by atoms with Crippen LogP contribution >= 0.6 is 22.9 Å². The highest BCUT2D eigenvalue weighted by Gasteiger charge is 2.46. The number of nitrogens with two attached hydrogens (primary N) is 1. The molecule has 0 spiro atoms. The predicted molar refractivity (Wildman–Crippen MR) is 111 cm³/mol. The minimum atomic E-state index is -3.94. The summed E-state index contributed by atoms with van der Waals surface area (Å²) in [4.78, 5) is 26.7. The number of thiophene rings is 1. The number of carbonyl (C=O) groups is 2. The van der Waals surface area contributed by atoms with Gasteiger partial charge >= 0.3 is 6.03 Å². The second-order valence-electron chi connectivity index (χ2n) is 6.14. The van der Waals surface area contributed by atoms with Crippen molar-refractivity contribution in [2.45, 2.75) is 10.4 Å². The van der Waals surface area contributed by atoms with Crippen molar-refractivity contribution in [3.63, 3.8) is 0 Å². The van der Waals surface area contributed by atoms with Crippen LogP contribution in [0, 0.1) is 0 Å². The van der Waals surface area contributed by atoms with Crippen molar-refractivity contribution in [1.82, 2.24) is 14.5 Å². The number of halogens is 1. The summed E-state index contributed by atoms with van der Waals surface area (Å²) >= 11 is 6.98. The van der Waals surface area contributed by atoms with Crippen molar-refractivity contribution in [1.29, 1.82) is 0 Å². The van der Waals surface area contributed by atoms with E-state index in [1.54, 1.807) is 35.7 Å². The number of sulfonamides is 1. The number of rotatable bonds is 6. The Bertz CT molecular complexity index is 983. The standard InChI is InChI=1S/C17H20ClN5O4S2/c18-12-3-1-4-13(11-12)21-17(25)22-8-9-23(16(22)15(24)20-7-6-19)29(26,27)14-5-2-10-28-14/h1-5,10-11,16H,6-9,19H2,(H,20,24)(H,21,25). The fourth-order valence-corrected chi connectivity index (χ4v) is 5.77. The van der Waals surface area contributed by atoms with Crippen LogP contribution in [0.1, 0.15) is 0 Å². The highest BCUT2D eigenvalue weighted by atomic mass is 35.5. The van der Waals surface area contributed by atoms with E-state index in [9.17, 15) is 18.0 Å². The zero-order valence-corrected chi connectivity index (χ0v) is 17.6. The first-order valence-corrected chi connectivity index (χ1v) is 11.4. The maximum atomic E-state index is 13.0. The quantitative estimate of drug-likeness (QED) is 0.603. The molecule has 156 valence electrons. The average Bonchev–Trinajstić information content (AvgIpc) is 3.36. The smallest absolute Gasteiger partial charge is 0.323 e. The topological polar surface area (TPSA) is 125 Å². The Morgan fingerprint density at radius 2 is 2.03 bits per heavy atom. The third kappa shape index (κ3) is 4.70. The first kappa shape index (κ1) is 21.5. The Morgan fingerprint density at radius 3 is 2.69 bits per heavy atom. The van der Waals surface area contributed by atoms with Gasteiger partial charge in [-0.15, -0.1) is 11.3 Å². The lowest BCUT2D eigenvalue weighted by Crippen LogP contribution is -2.55. The number of nitrogens with one attached hydrogen (secondary N) is 2. The van der Waals surface area contributed by atoms with Gasteiger partial charge in [-0.05, 0) is 29.6 Å². The number of hydrogen-bond acceptors (Lipinski definition) is 6. The summed E-state index contributed by atoms with van der Waals surface area (Å²) in [5.41, 5.74) is 5.87. The minimum Gasteiger partial charge on any atom is -0.352 e. The number of benzene rings is 1. The molecule has 29 heavy (non-hydrogen) atoms. The van der Waals surface area contributed by atoms with Crippen LogP contribution < -0.4 is 16.4 Å². The second kappa shape index (κ2) is 9.09. The van der Waals surface area contributed by atoms with E-state index in [0.29, 0.717) is 10.7 Å². The summed E-state index contributed by atoms with van der Waals surface area (Å²) in [7, 11) is -3.94. The molecule has 9 nitrogen and oxygen atoms in total. The molecule has 4 N–H and O–H groups in total. The van der Waals surface area contributed by atoms with Crippen LogP contribution in [0.5, 0.6) is 0 Å². The summed E-state index contributed by atoms with van der Waals surface area (Å²) in [5, 5.41) is 7.29. The third-order valence-electron chi connectivity index (χ3n) is 4.20. The summed E-state index contributed by atoms with van der Waals surface area (Å²) < 4.78 is 27.2. The first-order valence-electron chi connectivity index (χ1n) is 8.71. The van der Waals surface area contributed by atoms with Gasteiger partial charge in [0.05, 0.1) is 0 Å². The lowest BCUT2D eigenvalue weighted by molar-refractivity contribution is -0.127. The van der Waals surface area contributed by atoms with E-state index in [0.717, 1.165) is 15.6 Å². The van der Waals surface area contributed by atoms with Crippen molar-refractivity contribution in [2.75, 3.05) is 31.5 Å². The van der Waals surface area contributed by atoms with Gasteiger partial charge in [0.25, 0.3) is 15.9 Å². The van der Waals surface area contributed by atoms with E-state index < -0.39 is 28.1 Å². The van der Waals surface area contributed by atoms with Crippen molar-refractivity contribution >= 4 is 50.6 Å². The monoisotopic (exact) mass is 457 g/mol. The molecule has 1 aliphatic heterocycles. The van der Waals surface area contributed by atoms with Gasteiger partial charge in [-0.3, -0.25) is 9.69 Å². The molecule has 0 saturated carbocycles. The molecule has 1 unspecified atom stereocenters. The Labute approximate surface area is 177 Å². The fourth-order valence-electron chi connectivity index (χ4n) is 2.92. The Balaban J connectivity index is 1.88. The molecular weight excluding hydrogens is 438 g/mol. The highest BCUT2D eigenvalue weighted by Crippen LogP contribution is 2.28. The Kier molecular flexibility index (Phi) is 6.75. The van der Waals surface area contributed by atoms with Crippen molar-refractivity contribution in [2.24, 2.45) is 5.73 Å². The molecule has 0 bridgehead atoms. The minimum absolute atomic E-state index is 0.0100. The van der Waals surface area contributed by atoms with Crippen molar-refractivity contribution in [3.05, 3.63) is 46.8 Å². The van der Waals surface area contributed by atoms with Crippen LogP contribution in [-0.4, -0.2) is 61.9 Å². The number of hydrogen-bond donors (Lipinski definition) is 3. The predicted octanol–water partition coefficient (Wildman–Crippen LogP) is 1.34. The summed E-state index contributed by atoms with van der Waals surface area (Å²) in [5.74, 6) is -0.616. The van der Waals surface area contributed by atoms with Gasteiger partial charge in [0.1, 0.15) is 4.21 Å². The van der Waals surface area contributed by atoms with Gasteiger partial charge in [0, 0.05) is 36.9 Å². The molecule has 0 radical (unpaired) electrons. The number of amides is 3. The summed E-state index contributed by atoms with van der Waals surface area (Å²) in [6.07, 6.45) is -1.33. The number of nitrogens with zero attached hydrogens (tertiary/aromatic N) is 2. The molecule has 3 amide bonds. The van der Waals surface area contributed by atoms with Crippen LogP contribution in [-0.2, 0) is 14.8 Å². The summed E-state index contributed by atoms with van der Waals surface area (Å²) in [6, 6.07) is 8.99. The Morgan fingerprint density at radius 1 is 1.24 bits per heavy atom. The maximum absolute atomic E-state index is 13.0. The number of carbonyl (C=O) groups excluding carboxylic acids is 2. The normalized spacial score (nSPS) is 17.3. The third-order valence-corrected chi connectivity index (χ3v) is 7.66. The van der Waals surface area contributed by atoms with E-state index in [-0.39, 0.29) is 30.4 Å². The zero-order valence-electron chi connectivity index (χ0n) is 15.2. The molecule has 1 aromatic carbocycles. The molecule has 3 rings (SSSR count). The van der Waals surface area contributed by atoms with Crippen LogP contribution in [0.25, 0.3) is 0 Å². The summed E-state index contributed by atoms with van der Waals surface area (Å²) in [6.45, 7) is 0.387. The largest absolute Gasteiger partial charge is 0.352 e. The van der Waals surface area contributed by atoms with E-state index in [4.69, 9.17) is 17.3 Å². The average molecular weight is 458 g/mol. The van der Waals surface area contributed by atoms with Gasteiger partial charge in [0.2, 0.25) is 0 Å². The highest BCUT2D eigenvalue weighted by molar-refractivity contribution is 7.91. The van der Waals surface area contributed by atoms with E-state index >= 15 is 0 Å². The second-order valence-corrected chi connectivity index (χ2v) is 9.64. The van der Waals surface area contributed by atoms with Crippen molar-refractivity contribution < 1.29 is 18.0 Å². The van der Waals surface area contributed by atoms with Crippen molar-refractivity contribution in [3.8, 4) is 0 Å².